The molecule has 4 N–H and O–H groups in total. The zero-order chi connectivity index (χ0) is 23.7. The number of aromatic nitrogens is 2. The molecular formula is C26H24N4O3. The molecule has 0 bridgehead atoms. The average molecular weight is 441 g/mol. The number of fused-ring (bicyclic) bond motifs is 1. The van der Waals surface area contributed by atoms with Gasteiger partial charge in [-0.1, -0.05) is 13.8 Å². The molecule has 0 atom stereocenters. The number of hydrogen-bond acceptors (Lipinski definition) is 6. The van der Waals surface area contributed by atoms with Crippen LogP contribution in [0.15, 0.2) is 54.7 Å². The van der Waals surface area contributed by atoms with Gasteiger partial charge in [0.1, 0.15) is 5.75 Å². The van der Waals surface area contributed by atoms with E-state index in [0.29, 0.717) is 28.3 Å². The summed E-state index contributed by atoms with van der Waals surface area (Å²) >= 11 is 0. The van der Waals surface area contributed by atoms with Crippen molar-refractivity contribution >= 4 is 28.6 Å². The Hall–Kier alpha value is -4.26. The monoisotopic (exact) mass is 440 g/mol. The van der Waals surface area contributed by atoms with Gasteiger partial charge in [-0.15, -0.1) is 0 Å². The van der Waals surface area contributed by atoms with Gasteiger partial charge in [0, 0.05) is 40.3 Å². The molecule has 0 fully saturated rings. The van der Waals surface area contributed by atoms with Crippen molar-refractivity contribution in [2.24, 2.45) is 0 Å². The Morgan fingerprint density at radius 1 is 1.12 bits per heavy atom. The molecular weight excluding hydrogens is 416 g/mol. The van der Waals surface area contributed by atoms with Crippen LogP contribution in [0.25, 0.3) is 21.9 Å². The number of aryl methyl sites for hydroxylation is 1. The molecule has 7 nitrogen and oxygen atoms in total. The van der Waals surface area contributed by atoms with E-state index in [1.165, 1.54) is 18.3 Å². The van der Waals surface area contributed by atoms with Crippen LogP contribution in [0, 0.1) is 12.3 Å². The van der Waals surface area contributed by atoms with Crippen molar-refractivity contribution in [3.05, 3.63) is 77.2 Å². The quantitative estimate of drug-likeness (QED) is 0.257. The lowest BCUT2D eigenvalue weighted by Gasteiger charge is -2.19. The number of nitrogens with zero attached hydrogens (tertiary/aromatic N) is 2. The number of rotatable bonds is 6. The molecule has 0 saturated carbocycles. The summed E-state index contributed by atoms with van der Waals surface area (Å²) in [7, 11) is 0. The first-order chi connectivity index (χ1) is 15.8. The van der Waals surface area contributed by atoms with E-state index in [0.717, 1.165) is 27.9 Å². The highest BCUT2D eigenvalue weighted by Gasteiger charge is 2.21. The number of pyridine rings is 2. The van der Waals surface area contributed by atoms with E-state index in [2.05, 4.69) is 18.8 Å². The van der Waals surface area contributed by atoms with Gasteiger partial charge in [-0.25, -0.2) is 9.78 Å². The fourth-order valence-corrected chi connectivity index (χ4v) is 3.78. The molecule has 166 valence electrons. The van der Waals surface area contributed by atoms with Crippen molar-refractivity contribution in [2.45, 2.75) is 26.7 Å². The standard InChI is InChI=1S/C26H24N4O3/c1-14(2)24-23(17-8-9-29-15(3)10-17)20-11-18(13-27)22(28)12-21(20)25(30-24)33-19-6-4-16(5-7-19)26(31)32/h4-14,27H,28H2,1-3H3,(H,31,32). The molecule has 33 heavy (non-hydrogen) atoms. The predicted molar refractivity (Wildman–Crippen MR) is 130 cm³/mol. The minimum atomic E-state index is -1.00. The normalized spacial score (nSPS) is 11.0. The molecule has 0 aliphatic heterocycles. The van der Waals surface area contributed by atoms with E-state index in [1.807, 2.05) is 25.1 Å². The number of nitrogens with one attached hydrogen (secondary N) is 1. The van der Waals surface area contributed by atoms with Crippen molar-refractivity contribution < 1.29 is 14.6 Å². The lowest BCUT2D eigenvalue weighted by Crippen LogP contribution is -2.04. The number of benzene rings is 2. The SMILES string of the molecule is Cc1cc(-c2c(C(C)C)nc(Oc3ccc(C(=O)O)cc3)c3cc(N)c(C=N)cc23)ccn1. The van der Waals surface area contributed by atoms with Gasteiger partial charge in [-0.3, -0.25) is 4.98 Å². The first-order valence-corrected chi connectivity index (χ1v) is 10.5. The van der Waals surface area contributed by atoms with Crippen LogP contribution >= 0.6 is 0 Å². The molecule has 0 unspecified atom stereocenters. The summed E-state index contributed by atoms with van der Waals surface area (Å²) in [5.41, 5.74) is 11.1. The molecule has 0 radical (unpaired) electrons. The van der Waals surface area contributed by atoms with Gasteiger partial charge in [-0.2, -0.15) is 0 Å². The van der Waals surface area contributed by atoms with Gasteiger partial charge in [-0.05, 0) is 72.3 Å². The second-order valence-corrected chi connectivity index (χ2v) is 8.12. The smallest absolute Gasteiger partial charge is 0.335 e. The van der Waals surface area contributed by atoms with E-state index in [1.54, 1.807) is 24.4 Å². The number of carboxylic acid groups (broad SMARTS) is 1. The summed E-state index contributed by atoms with van der Waals surface area (Å²) in [6.07, 6.45) is 3.00. The highest BCUT2D eigenvalue weighted by molar-refractivity contribution is 6.05. The summed E-state index contributed by atoms with van der Waals surface area (Å²) < 4.78 is 6.13. The van der Waals surface area contributed by atoms with Crippen LogP contribution in [-0.4, -0.2) is 27.3 Å². The third kappa shape index (κ3) is 4.25. The largest absolute Gasteiger partial charge is 0.478 e. The minimum absolute atomic E-state index is 0.0793. The number of anilines is 1. The number of ether oxygens (including phenoxy) is 1. The second-order valence-electron chi connectivity index (χ2n) is 8.12. The van der Waals surface area contributed by atoms with Crippen molar-refractivity contribution in [1.29, 1.82) is 5.41 Å². The molecule has 4 aromatic rings. The molecule has 0 amide bonds. The Kier molecular flexibility index (Phi) is 5.79. The van der Waals surface area contributed by atoms with Crippen molar-refractivity contribution in [1.82, 2.24) is 9.97 Å². The highest BCUT2D eigenvalue weighted by atomic mass is 16.5. The first-order valence-electron chi connectivity index (χ1n) is 10.5. The molecule has 0 aliphatic carbocycles. The van der Waals surface area contributed by atoms with Crippen LogP contribution in [0.1, 0.15) is 47.1 Å². The third-order valence-electron chi connectivity index (χ3n) is 5.40. The lowest BCUT2D eigenvalue weighted by molar-refractivity contribution is 0.0697. The topological polar surface area (TPSA) is 122 Å². The fraction of sp³-hybridized carbons (Fsp3) is 0.154. The summed E-state index contributed by atoms with van der Waals surface area (Å²) in [5, 5.41) is 18.5. The van der Waals surface area contributed by atoms with Gasteiger partial charge >= 0.3 is 5.97 Å². The fourth-order valence-electron chi connectivity index (χ4n) is 3.78. The Morgan fingerprint density at radius 3 is 2.45 bits per heavy atom. The maximum atomic E-state index is 11.2. The molecule has 7 heteroatoms. The number of carboxylic acids is 1. The predicted octanol–water partition coefficient (Wildman–Crippen LogP) is 5.80. The minimum Gasteiger partial charge on any atom is -0.478 e. The maximum Gasteiger partial charge on any atom is 0.335 e. The van der Waals surface area contributed by atoms with Crippen LogP contribution in [-0.2, 0) is 0 Å². The van der Waals surface area contributed by atoms with Gasteiger partial charge in [0.2, 0.25) is 5.88 Å². The Bertz CT molecular complexity index is 1380. The maximum absolute atomic E-state index is 11.2. The first kappa shape index (κ1) is 22.0. The lowest BCUT2D eigenvalue weighted by atomic mass is 9.91. The molecule has 0 aliphatic rings. The van der Waals surface area contributed by atoms with Crippen LogP contribution in [0.5, 0.6) is 11.6 Å². The Labute approximate surface area is 191 Å². The van der Waals surface area contributed by atoms with Crippen molar-refractivity contribution in [2.75, 3.05) is 5.73 Å². The Balaban J connectivity index is 2.00. The molecule has 0 saturated heterocycles. The number of hydrogen-bond donors (Lipinski definition) is 3. The second kappa shape index (κ2) is 8.70. The van der Waals surface area contributed by atoms with Crippen molar-refractivity contribution in [3.63, 3.8) is 0 Å². The van der Waals surface area contributed by atoms with Crippen LogP contribution in [0.3, 0.4) is 0 Å². The zero-order valence-electron chi connectivity index (χ0n) is 18.6. The summed E-state index contributed by atoms with van der Waals surface area (Å²) in [4.78, 5) is 20.4. The molecule has 2 aromatic heterocycles. The van der Waals surface area contributed by atoms with E-state index in [9.17, 15) is 4.79 Å². The van der Waals surface area contributed by atoms with Crippen molar-refractivity contribution in [3.8, 4) is 22.8 Å². The Morgan fingerprint density at radius 2 is 1.85 bits per heavy atom. The van der Waals surface area contributed by atoms with Gasteiger partial charge < -0.3 is 21.0 Å². The summed E-state index contributed by atoms with van der Waals surface area (Å²) in [6.45, 7) is 6.06. The summed E-state index contributed by atoms with van der Waals surface area (Å²) in [5.74, 6) is -0.0907. The number of carbonyl (C=O) groups is 1. The number of aromatic carboxylic acids is 1. The average Bonchev–Trinajstić information content (AvgIpc) is 2.78. The number of nitrogens with two attached hydrogens (primary N) is 1. The zero-order valence-corrected chi connectivity index (χ0v) is 18.6. The molecule has 2 aromatic carbocycles. The van der Waals surface area contributed by atoms with Crippen LogP contribution < -0.4 is 10.5 Å². The van der Waals surface area contributed by atoms with Crippen LogP contribution in [0.4, 0.5) is 5.69 Å². The van der Waals surface area contributed by atoms with E-state index in [-0.39, 0.29) is 11.5 Å². The van der Waals surface area contributed by atoms with E-state index < -0.39 is 5.97 Å². The van der Waals surface area contributed by atoms with E-state index in [4.69, 9.17) is 26.0 Å². The molecule has 4 rings (SSSR count). The van der Waals surface area contributed by atoms with Gasteiger partial charge in [0.05, 0.1) is 11.3 Å². The highest BCUT2D eigenvalue weighted by Crippen LogP contribution is 2.41. The summed E-state index contributed by atoms with van der Waals surface area (Å²) in [6, 6.07) is 13.8. The number of nitrogen functional groups attached to an aromatic ring is 1. The van der Waals surface area contributed by atoms with Crippen LogP contribution in [0.2, 0.25) is 0 Å². The van der Waals surface area contributed by atoms with Gasteiger partial charge in [0.25, 0.3) is 0 Å². The van der Waals surface area contributed by atoms with Gasteiger partial charge in [0.15, 0.2) is 0 Å². The van der Waals surface area contributed by atoms with E-state index >= 15 is 0 Å². The molecule has 2 heterocycles. The molecule has 0 spiro atoms. The third-order valence-corrected chi connectivity index (χ3v) is 5.40.